The van der Waals surface area contributed by atoms with E-state index in [1.54, 1.807) is 4.90 Å². The second kappa shape index (κ2) is 10.3. The lowest BCUT2D eigenvalue weighted by atomic mass is 9.84. The van der Waals surface area contributed by atoms with Crippen LogP contribution in [-0.2, 0) is 15.8 Å². The standard InChI is InChI=1S/C25H33F3N6O3/c1-14(2)32(4)17-6-8-22(20(12-17)30-15(3)35)33-10-9-19(24(33)36)31-23-18-11-16(25(26,27)28)5-7-21(18)34(37)13-29-23/h5,7,11,13-14,17,19-20,22H,6,8-10,12H2,1-4H3,(H,29,31)(H,30,35)/t17-,19?,20-,22+/m1/s1. The van der Waals surface area contributed by atoms with Crippen LogP contribution < -0.4 is 15.4 Å². The van der Waals surface area contributed by atoms with E-state index < -0.39 is 17.8 Å². The molecule has 1 saturated heterocycles. The van der Waals surface area contributed by atoms with E-state index in [0.29, 0.717) is 23.7 Å². The van der Waals surface area contributed by atoms with Gasteiger partial charge in [0.25, 0.3) is 12.1 Å². The molecule has 0 radical (unpaired) electrons. The van der Waals surface area contributed by atoms with E-state index in [4.69, 9.17) is 0 Å². The van der Waals surface area contributed by atoms with Crippen LogP contribution in [0.2, 0.25) is 0 Å². The van der Waals surface area contributed by atoms with Crippen LogP contribution >= 0.6 is 0 Å². The van der Waals surface area contributed by atoms with Gasteiger partial charge >= 0.3 is 6.18 Å². The number of nitrogens with zero attached hydrogens (tertiary/aromatic N) is 4. The fourth-order valence-electron chi connectivity index (χ4n) is 5.49. The summed E-state index contributed by atoms with van der Waals surface area (Å²) in [6, 6.07) is 2.35. The van der Waals surface area contributed by atoms with Crippen molar-refractivity contribution in [3.05, 3.63) is 35.3 Å². The van der Waals surface area contributed by atoms with Gasteiger partial charge in [-0.2, -0.15) is 13.2 Å². The van der Waals surface area contributed by atoms with Gasteiger partial charge in [0.1, 0.15) is 11.6 Å². The fraction of sp³-hybridized carbons (Fsp3) is 0.600. The van der Waals surface area contributed by atoms with E-state index in [1.165, 1.54) is 6.92 Å². The number of anilines is 1. The molecule has 2 aliphatic rings. The lowest BCUT2D eigenvalue weighted by molar-refractivity contribution is -0.580. The van der Waals surface area contributed by atoms with E-state index >= 15 is 0 Å². The zero-order chi connectivity index (χ0) is 27.1. The number of benzene rings is 1. The van der Waals surface area contributed by atoms with Crippen molar-refractivity contribution in [3.63, 3.8) is 0 Å². The topological polar surface area (TPSA) is 105 Å². The van der Waals surface area contributed by atoms with E-state index in [0.717, 1.165) is 43.8 Å². The second-order valence-corrected chi connectivity index (χ2v) is 10.3. The quantitative estimate of drug-likeness (QED) is 0.447. The Labute approximate surface area is 213 Å². The number of fused-ring (bicyclic) bond motifs is 1. The second-order valence-electron chi connectivity index (χ2n) is 10.3. The Morgan fingerprint density at radius 1 is 1.27 bits per heavy atom. The van der Waals surface area contributed by atoms with Gasteiger partial charge in [-0.1, -0.05) is 0 Å². The number of carbonyl (C=O) groups excluding carboxylic acids is 2. The van der Waals surface area contributed by atoms with E-state index in [1.807, 2.05) is 0 Å². The van der Waals surface area contributed by atoms with Crippen molar-refractivity contribution in [2.24, 2.45) is 0 Å². The molecule has 4 atom stereocenters. The average Bonchev–Trinajstić information content (AvgIpc) is 3.18. The molecular weight excluding hydrogens is 489 g/mol. The van der Waals surface area contributed by atoms with Gasteiger partial charge in [0.2, 0.25) is 11.8 Å². The van der Waals surface area contributed by atoms with Crippen LogP contribution in [-0.4, -0.2) is 70.4 Å². The summed E-state index contributed by atoms with van der Waals surface area (Å²) in [4.78, 5) is 33.5. The van der Waals surface area contributed by atoms with Crippen molar-refractivity contribution in [3.8, 4) is 0 Å². The molecule has 1 aliphatic carbocycles. The van der Waals surface area contributed by atoms with Crippen molar-refractivity contribution < 1.29 is 27.5 Å². The predicted molar refractivity (Wildman–Crippen MR) is 131 cm³/mol. The monoisotopic (exact) mass is 522 g/mol. The number of halogens is 3. The smallest absolute Gasteiger partial charge is 0.416 e. The Balaban J connectivity index is 1.55. The third-order valence-corrected chi connectivity index (χ3v) is 7.62. The van der Waals surface area contributed by atoms with Crippen LogP contribution in [0.25, 0.3) is 10.9 Å². The molecule has 4 rings (SSSR count). The summed E-state index contributed by atoms with van der Waals surface area (Å²) in [5, 5.41) is 18.1. The zero-order valence-corrected chi connectivity index (χ0v) is 21.4. The number of alkyl halides is 3. The molecule has 2 aromatic rings. The van der Waals surface area contributed by atoms with Crippen molar-refractivity contribution in [1.82, 2.24) is 20.1 Å². The summed E-state index contributed by atoms with van der Waals surface area (Å²) in [5.74, 6) is -0.304. The molecule has 202 valence electrons. The molecular formula is C25H33F3N6O3. The molecule has 2 fully saturated rings. The summed E-state index contributed by atoms with van der Waals surface area (Å²) in [5.41, 5.74) is -0.886. The first-order chi connectivity index (χ1) is 17.4. The maximum absolute atomic E-state index is 13.5. The number of hydrogen-bond donors (Lipinski definition) is 2. The third kappa shape index (κ3) is 5.58. The van der Waals surface area contributed by atoms with Gasteiger partial charge in [0.05, 0.1) is 23.0 Å². The summed E-state index contributed by atoms with van der Waals surface area (Å²) in [7, 11) is 2.06. The van der Waals surface area contributed by atoms with Crippen molar-refractivity contribution in [2.75, 3.05) is 18.9 Å². The van der Waals surface area contributed by atoms with Crippen LogP contribution in [0.1, 0.15) is 52.0 Å². The highest BCUT2D eigenvalue weighted by Crippen LogP contribution is 2.34. The number of aromatic nitrogens is 2. The van der Waals surface area contributed by atoms with Crippen molar-refractivity contribution >= 4 is 28.5 Å². The molecule has 1 saturated carbocycles. The van der Waals surface area contributed by atoms with E-state index in [2.05, 4.69) is 41.4 Å². The van der Waals surface area contributed by atoms with Crippen molar-refractivity contribution in [1.29, 1.82) is 0 Å². The SMILES string of the molecule is CC(=O)N[C@@H]1C[C@H](N(C)C(C)C)CC[C@@H]1N1CCC(Nc2nc[n+]([O-])c3ccc(C(F)(F)F)cc23)C1=O. The summed E-state index contributed by atoms with van der Waals surface area (Å²) < 4.78 is 40.3. The average molecular weight is 523 g/mol. The molecule has 1 aromatic carbocycles. The van der Waals surface area contributed by atoms with Crippen molar-refractivity contribution in [2.45, 2.75) is 82.8 Å². The lowest BCUT2D eigenvalue weighted by Crippen LogP contribution is -2.58. The molecule has 1 aromatic heterocycles. The molecule has 2 amide bonds. The Morgan fingerprint density at radius 3 is 2.65 bits per heavy atom. The van der Waals surface area contributed by atoms with Gasteiger partial charge in [0.15, 0.2) is 0 Å². The summed E-state index contributed by atoms with van der Waals surface area (Å²) in [6.07, 6.45) is -0.874. The molecule has 37 heavy (non-hydrogen) atoms. The molecule has 2 N–H and O–H groups in total. The minimum absolute atomic E-state index is 0.00747. The van der Waals surface area contributed by atoms with E-state index in [9.17, 15) is 28.0 Å². The summed E-state index contributed by atoms with van der Waals surface area (Å²) >= 11 is 0. The van der Waals surface area contributed by atoms with Crippen LogP contribution in [0.5, 0.6) is 0 Å². The molecule has 1 aliphatic heterocycles. The highest BCUT2D eigenvalue weighted by molar-refractivity contribution is 5.92. The molecule has 9 nitrogen and oxygen atoms in total. The van der Waals surface area contributed by atoms with Crippen LogP contribution in [0.3, 0.4) is 0 Å². The van der Waals surface area contributed by atoms with Crippen LogP contribution in [0.15, 0.2) is 24.5 Å². The maximum atomic E-state index is 13.5. The Bertz CT molecular complexity index is 1170. The van der Waals surface area contributed by atoms with E-state index in [-0.39, 0.29) is 46.7 Å². The highest BCUT2D eigenvalue weighted by atomic mass is 19.4. The normalized spacial score (nSPS) is 24.8. The first-order valence-corrected chi connectivity index (χ1v) is 12.5. The van der Waals surface area contributed by atoms with Gasteiger partial charge in [-0.3, -0.25) is 9.59 Å². The largest absolute Gasteiger partial charge is 0.710 e. The molecule has 0 bridgehead atoms. The number of hydrogen-bond acceptors (Lipinski definition) is 6. The van der Waals surface area contributed by atoms with Gasteiger partial charge < -0.3 is 25.6 Å². The van der Waals surface area contributed by atoms with Gasteiger partial charge in [-0.05, 0) is 69.8 Å². The number of rotatable bonds is 6. The zero-order valence-electron chi connectivity index (χ0n) is 21.4. The van der Waals surface area contributed by atoms with Gasteiger partial charge in [-0.15, -0.1) is 0 Å². The third-order valence-electron chi connectivity index (χ3n) is 7.62. The Kier molecular flexibility index (Phi) is 7.50. The first kappa shape index (κ1) is 26.9. The summed E-state index contributed by atoms with van der Waals surface area (Å²) in [6.45, 7) is 6.15. The Hall–Kier alpha value is -3.15. The molecule has 12 heteroatoms. The predicted octanol–water partition coefficient (Wildman–Crippen LogP) is 2.67. The van der Waals surface area contributed by atoms with Crippen LogP contribution in [0, 0.1) is 5.21 Å². The minimum Gasteiger partial charge on any atom is -0.710 e. The number of amides is 2. The number of nitrogens with one attached hydrogen (secondary N) is 2. The number of carbonyl (C=O) groups is 2. The highest BCUT2D eigenvalue weighted by Gasteiger charge is 2.43. The minimum atomic E-state index is -4.59. The molecule has 2 heterocycles. The van der Waals surface area contributed by atoms with Crippen LogP contribution in [0.4, 0.5) is 19.0 Å². The Morgan fingerprint density at radius 2 is 2.00 bits per heavy atom. The fourth-order valence-corrected chi connectivity index (χ4v) is 5.49. The molecule has 0 spiro atoms. The first-order valence-electron chi connectivity index (χ1n) is 12.5. The van der Waals surface area contributed by atoms with Gasteiger partial charge in [-0.25, -0.2) is 4.73 Å². The lowest BCUT2D eigenvalue weighted by Gasteiger charge is -2.44. The maximum Gasteiger partial charge on any atom is 0.416 e. The number of likely N-dealkylation sites (tertiary alicyclic amines) is 1. The van der Waals surface area contributed by atoms with Gasteiger partial charge in [0, 0.05) is 25.6 Å². The molecule has 1 unspecified atom stereocenters.